The molecule has 6 heteroatoms. The van der Waals surface area contributed by atoms with Gasteiger partial charge in [-0.25, -0.2) is 8.42 Å². The smallest absolute Gasteiger partial charge is 0.232 e. The molecule has 2 aromatic carbocycles. The molecule has 2 aromatic rings. The van der Waals surface area contributed by atoms with E-state index >= 15 is 0 Å². The molecule has 0 spiro atoms. The molecule has 1 amide bonds. The minimum absolute atomic E-state index is 0.0169. The van der Waals surface area contributed by atoms with Crippen molar-refractivity contribution in [2.24, 2.45) is 0 Å². The number of sulfonamides is 1. The summed E-state index contributed by atoms with van der Waals surface area (Å²) in [6.45, 7) is 4.66. The average molecular weight is 387 g/mol. The highest BCUT2D eigenvalue weighted by Gasteiger charge is 2.26. The molecule has 1 aliphatic rings. The third kappa shape index (κ3) is 4.69. The van der Waals surface area contributed by atoms with Gasteiger partial charge in [-0.15, -0.1) is 0 Å². The highest BCUT2D eigenvalue weighted by atomic mass is 32.2. The van der Waals surface area contributed by atoms with E-state index in [1.165, 1.54) is 27.3 Å². The molecule has 0 fully saturated rings. The lowest BCUT2D eigenvalue weighted by Gasteiger charge is -2.16. The average Bonchev–Trinajstić information content (AvgIpc) is 3.01. The maximum atomic E-state index is 12.2. The summed E-state index contributed by atoms with van der Waals surface area (Å²) in [5.74, 6) is -0.0169. The van der Waals surface area contributed by atoms with Crippen LogP contribution in [0.4, 0.5) is 11.4 Å². The van der Waals surface area contributed by atoms with Gasteiger partial charge in [0.05, 0.1) is 11.9 Å². The Balaban J connectivity index is 1.55. The Morgan fingerprint density at radius 3 is 2.59 bits per heavy atom. The molecule has 1 N–H and O–H groups in total. The molecule has 0 aromatic heterocycles. The second-order valence-corrected chi connectivity index (χ2v) is 9.16. The van der Waals surface area contributed by atoms with Crippen LogP contribution >= 0.6 is 0 Å². The standard InChI is InChI=1S/C21H26N2O3S/c1-15-7-8-17(13-16(15)2)5-4-6-21(24)22-19-9-10-20-18(14-19)11-12-23(20)27(3,25)26/h7-10,13-14H,4-6,11-12H2,1-3H3,(H,22,24). The van der Waals surface area contributed by atoms with E-state index in [9.17, 15) is 13.2 Å². The van der Waals surface area contributed by atoms with Crippen molar-refractivity contribution < 1.29 is 13.2 Å². The largest absolute Gasteiger partial charge is 0.326 e. The maximum absolute atomic E-state index is 12.2. The van der Waals surface area contributed by atoms with Crippen LogP contribution in [0.15, 0.2) is 36.4 Å². The molecular formula is C21H26N2O3S. The second-order valence-electron chi connectivity index (χ2n) is 7.25. The molecule has 27 heavy (non-hydrogen) atoms. The number of hydrogen-bond donors (Lipinski definition) is 1. The second kappa shape index (κ2) is 7.72. The molecule has 0 unspecified atom stereocenters. The Bertz CT molecular complexity index is 967. The molecule has 1 aliphatic heterocycles. The van der Waals surface area contributed by atoms with Crippen LogP contribution in [0.2, 0.25) is 0 Å². The van der Waals surface area contributed by atoms with Gasteiger partial charge in [0.2, 0.25) is 15.9 Å². The van der Waals surface area contributed by atoms with Crippen molar-refractivity contribution >= 4 is 27.3 Å². The summed E-state index contributed by atoms with van der Waals surface area (Å²) in [6, 6.07) is 11.8. The number of nitrogens with one attached hydrogen (secondary N) is 1. The Morgan fingerprint density at radius 2 is 1.89 bits per heavy atom. The number of fused-ring (bicyclic) bond motifs is 1. The van der Waals surface area contributed by atoms with Crippen LogP contribution < -0.4 is 9.62 Å². The third-order valence-electron chi connectivity index (χ3n) is 5.06. The van der Waals surface area contributed by atoms with Crippen LogP contribution in [0.3, 0.4) is 0 Å². The highest BCUT2D eigenvalue weighted by molar-refractivity contribution is 7.92. The molecule has 0 bridgehead atoms. The quantitative estimate of drug-likeness (QED) is 0.825. The number of rotatable bonds is 6. The van der Waals surface area contributed by atoms with Gasteiger partial charge < -0.3 is 5.32 Å². The van der Waals surface area contributed by atoms with Crippen molar-refractivity contribution in [3.63, 3.8) is 0 Å². The first-order valence-electron chi connectivity index (χ1n) is 9.20. The van der Waals surface area contributed by atoms with E-state index in [-0.39, 0.29) is 5.91 Å². The van der Waals surface area contributed by atoms with Gasteiger partial charge in [-0.1, -0.05) is 18.2 Å². The molecule has 3 rings (SSSR count). The molecule has 0 aliphatic carbocycles. The summed E-state index contributed by atoms with van der Waals surface area (Å²) in [6.07, 6.45) is 4.01. The van der Waals surface area contributed by atoms with Crippen molar-refractivity contribution in [2.45, 2.75) is 39.5 Å². The zero-order valence-electron chi connectivity index (χ0n) is 16.1. The first-order chi connectivity index (χ1) is 12.7. The zero-order chi connectivity index (χ0) is 19.6. The highest BCUT2D eigenvalue weighted by Crippen LogP contribution is 2.32. The van der Waals surface area contributed by atoms with Gasteiger partial charge in [0.1, 0.15) is 0 Å². The predicted octanol–water partition coefficient (Wildman–Crippen LogP) is 3.59. The minimum atomic E-state index is -3.25. The van der Waals surface area contributed by atoms with Gasteiger partial charge in [-0.05, 0) is 73.6 Å². The summed E-state index contributed by atoms with van der Waals surface area (Å²) < 4.78 is 25.0. The number of aryl methyl sites for hydroxylation is 3. The normalized spacial score (nSPS) is 13.5. The van der Waals surface area contributed by atoms with E-state index in [1.807, 2.05) is 6.07 Å². The van der Waals surface area contributed by atoms with Gasteiger partial charge in [-0.2, -0.15) is 0 Å². The van der Waals surface area contributed by atoms with Gasteiger partial charge in [-0.3, -0.25) is 9.10 Å². The van der Waals surface area contributed by atoms with Crippen LogP contribution in [0.5, 0.6) is 0 Å². The van der Waals surface area contributed by atoms with Crippen molar-refractivity contribution in [2.75, 3.05) is 22.4 Å². The molecule has 144 valence electrons. The lowest BCUT2D eigenvalue weighted by Crippen LogP contribution is -2.27. The van der Waals surface area contributed by atoms with Crippen molar-refractivity contribution in [1.29, 1.82) is 0 Å². The van der Waals surface area contributed by atoms with Crippen LogP contribution in [0.25, 0.3) is 0 Å². The monoisotopic (exact) mass is 386 g/mol. The fourth-order valence-corrected chi connectivity index (χ4v) is 4.39. The predicted molar refractivity (Wildman–Crippen MR) is 110 cm³/mol. The van der Waals surface area contributed by atoms with E-state index in [2.05, 4.69) is 37.4 Å². The van der Waals surface area contributed by atoms with Crippen molar-refractivity contribution in [1.82, 2.24) is 0 Å². The lowest BCUT2D eigenvalue weighted by atomic mass is 10.0. The summed E-state index contributed by atoms with van der Waals surface area (Å²) in [5, 5.41) is 2.93. The molecular weight excluding hydrogens is 360 g/mol. The summed E-state index contributed by atoms with van der Waals surface area (Å²) in [4.78, 5) is 12.2. The fraction of sp³-hybridized carbons (Fsp3) is 0.381. The first-order valence-corrected chi connectivity index (χ1v) is 11.1. The third-order valence-corrected chi connectivity index (χ3v) is 6.24. The maximum Gasteiger partial charge on any atom is 0.232 e. The van der Waals surface area contributed by atoms with E-state index in [0.29, 0.717) is 25.1 Å². The molecule has 1 heterocycles. The van der Waals surface area contributed by atoms with Gasteiger partial charge in [0.25, 0.3) is 0 Å². The molecule has 0 atom stereocenters. The number of benzene rings is 2. The minimum Gasteiger partial charge on any atom is -0.326 e. The number of carbonyl (C=O) groups is 1. The summed E-state index contributed by atoms with van der Waals surface area (Å²) in [5.41, 5.74) is 6.20. The Hall–Kier alpha value is -2.34. The SMILES string of the molecule is Cc1ccc(CCCC(=O)Nc2ccc3c(c2)CCN3S(C)(=O)=O)cc1C. The summed E-state index contributed by atoms with van der Waals surface area (Å²) >= 11 is 0. The number of carbonyl (C=O) groups excluding carboxylic acids is 1. The number of nitrogens with zero attached hydrogens (tertiary/aromatic N) is 1. The van der Waals surface area contributed by atoms with Crippen LogP contribution in [0.1, 0.15) is 35.1 Å². The Morgan fingerprint density at radius 1 is 1.11 bits per heavy atom. The topological polar surface area (TPSA) is 66.5 Å². The van der Waals surface area contributed by atoms with Crippen molar-refractivity contribution in [3.8, 4) is 0 Å². The molecule has 0 radical (unpaired) electrons. The molecule has 5 nitrogen and oxygen atoms in total. The van der Waals surface area contributed by atoms with Crippen LogP contribution in [0, 0.1) is 13.8 Å². The summed E-state index contributed by atoms with van der Waals surface area (Å²) in [7, 11) is -3.25. The number of amides is 1. The van der Waals surface area contributed by atoms with E-state index < -0.39 is 10.0 Å². The zero-order valence-corrected chi connectivity index (χ0v) is 16.9. The van der Waals surface area contributed by atoms with E-state index in [4.69, 9.17) is 0 Å². The number of anilines is 2. The number of hydrogen-bond acceptors (Lipinski definition) is 3. The molecule has 0 saturated carbocycles. The van der Waals surface area contributed by atoms with Crippen molar-refractivity contribution in [3.05, 3.63) is 58.7 Å². The molecule has 0 saturated heterocycles. The fourth-order valence-electron chi connectivity index (χ4n) is 3.43. The van der Waals surface area contributed by atoms with Gasteiger partial charge >= 0.3 is 0 Å². The van der Waals surface area contributed by atoms with Crippen LogP contribution in [-0.4, -0.2) is 27.1 Å². The van der Waals surface area contributed by atoms with E-state index in [1.54, 1.807) is 12.1 Å². The van der Waals surface area contributed by atoms with Gasteiger partial charge in [0.15, 0.2) is 0 Å². The lowest BCUT2D eigenvalue weighted by molar-refractivity contribution is -0.116. The van der Waals surface area contributed by atoms with Gasteiger partial charge in [0, 0.05) is 18.7 Å². The Labute approximate surface area is 161 Å². The first kappa shape index (κ1) is 19.4. The van der Waals surface area contributed by atoms with Crippen LogP contribution in [-0.2, 0) is 27.7 Å². The van der Waals surface area contributed by atoms with E-state index in [0.717, 1.165) is 24.1 Å². The Kier molecular flexibility index (Phi) is 5.56.